The van der Waals surface area contributed by atoms with Gasteiger partial charge in [-0.25, -0.2) is 0 Å². The second kappa shape index (κ2) is 5.84. The maximum Gasteiger partial charge on any atom is 0.282 e. The fourth-order valence-electron chi connectivity index (χ4n) is 1.71. The Kier molecular flexibility index (Phi) is 4.13. The van der Waals surface area contributed by atoms with Crippen molar-refractivity contribution in [3.05, 3.63) is 69.8 Å². The first kappa shape index (κ1) is 14.9. The smallest absolute Gasteiger partial charge is 0.258 e. The van der Waals surface area contributed by atoms with E-state index in [4.69, 9.17) is 0 Å². The maximum atomic E-state index is 12.1. The Bertz CT molecular complexity index is 796. The number of hydrogen-bond acceptors (Lipinski definition) is 4. The minimum Gasteiger partial charge on any atom is -0.258 e. The Labute approximate surface area is 122 Å². The van der Waals surface area contributed by atoms with Crippen molar-refractivity contribution in [3.63, 3.8) is 0 Å². The lowest BCUT2D eigenvalue weighted by molar-refractivity contribution is -0.384. The molecule has 108 valence electrons. The van der Waals surface area contributed by atoms with Crippen LogP contribution in [-0.4, -0.2) is 19.6 Å². The number of rotatable bonds is 4. The predicted octanol–water partition coefficient (Wildman–Crippen LogP) is 2.71. The quantitative estimate of drug-likeness (QED) is 0.493. The SMILES string of the molecule is Cc1ccccc1S(=O)(=O)/N=C/c1ccc([N+](=O)[O-])cc1. The highest BCUT2D eigenvalue weighted by atomic mass is 32.2. The van der Waals surface area contributed by atoms with E-state index in [1.165, 1.54) is 36.5 Å². The number of non-ortho nitro benzene ring substituents is 1. The zero-order chi connectivity index (χ0) is 15.5. The summed E-state index contributed by atoms with van der Waals surface area (Å²) in [6.45, 7) is 1.69. The first-order valence-corrected chi connectivity index (χ1v) is 7.44. The monoisotopic (exact) mass is 304 g/mol. The number of nitrogens with zero attached hydrogens (tertiary/aromatic N) is 2. The second-order valence-electron chi connectivity index (χ2n) is 4.32. The molecule has 0 atom stereocenters. The Morgan fingerprint density at radius 3 is 2.29 bits per heavy atom. The van der Waals surface area contributed by atoms with Crippen LogP contribution in [0.2, 0.25) is 0 Å². The van der Waals surface area contributed by atoms with Crippen molar-refractivity contribution in [2.24, 2.45) is 4.40 Å². The third-order valence-corrected chi connectivity index (χ3v) is 4.21. The summed E-state index contributed by atoms with van der Waals surface area (Å²) in [6, 6.07) is 12.0. The third kappa shape index (κ3) is 3.51. The van der Waals surface area contributed by atoms with Crippen molar-refractivity contribution in [3.8, 4) is 0 Å². The summed E-state index contributed by atoms with van der Waals surface area (Å²) in [5.74, 6) is 0. The fraction of sp³-hybridized carbons (Fsp3) is 0.0714. The van der Waals surface area contributed by atoms with Gasteiger partial charge in [0.25, 0.3) is 15.7 Å². The van der Waals surface area contributed by atoms with Crippen molar-refractivity contribution in [1.82, 2.24) is 0 Å². The van der Waals surface area contributed by atoms with Gasteiger partial charge in [-0.15, -0.1) is 0 Å². The fourth-order valence-corrected chi connectivity index (χ4v) is 2.81. The lowest BCUT2D eigenvalue weighted by atomic mass is 10.2. The normalized spacial score (nSPS) is 11.7. The third-order valence-electron chi connectivity index (χ3n) is 2.82. The highest BCUT2D eigenvalue weighted by Crippen LogP contribution is 2.17. The Morgan fingerprint density at radius 1 is 1.10 bits per heavy atom. The largest absolute Gasteiger partial charge is 0.282 e. The zero-order valence-corrected chi connectivity index (χ0v) is 11.9. The highest BCUT2D eigenvalue weighted by molar-refractivity contribution is 7.90. The molecule has 2 aromatic carbocycles. The van der Waals surface area contributed by atoms with Crippen LogP contribution in [0.15, 0.2) is 57.8 Å². The topological polar surface area (TPSA) is 89.6 Å². The molecule has 21 heavy (non-hydrogen) atoms. The second-order valence-corrected chi connectivity index (χ2v) is 5.92. The number of aryl methyl sites for hydroxylation is 1. The Balaban J connectivity index is 2.28. The molecule has 0 aliphatic heterocycles. The van der Waals surface area contributed by atoms with Crippen LogP contribution in [0.1, 0.15) is 11.1 Å². The lowest BCUT2D eigenvalue weighted by Crippen LogP contribution is -2.00. The van der Waals surface area contributed by atoms with E-state index >= 15 is 0 Å². The molecule has 0 heterocycles. The number of nitro groups is 1. The molecule has 2 rings (SSSR count). The minimum atomic E-state index is -3.78. The van der Waals surface area contributed by atoms with Gasteiger partial charge in [0.05, 0.1) is 9.82 Å². The summed E-state index contributed by atoms with van der Waals surface area (Å²) in [5, 5.41) is 10.5. The molecule has 0 aliphatic rings. The van der Waals surface area contributed by atoms with Crippen LogP contribution in [0.5, 0.6) is 0 Å². The van der Waals surface area contributed by atoms with Gasteiger partial charge < -0.3 is 0 Å². The van der Waals surface area contributed by atoms with Crippen LogP contribution >= 0.6 is 0 Å². The van der Waals surface area contributed by atoms with E-state index in [-0.39, 0.29) is 10.6 Å². The van der Waals surface area contributed by atoms with Gasteiger partial charge in [-0.1, -0.05) is 18.2 Å². The van der Waals surface area contributed by atoms with Gasteiger partial charge in [0.1, 0.15) is 0 Å². The molecule has 7 heteroatoms. The van der Waals surface area contributed by atoms with Crippen molar-refractivity contribution < 1.29 is 13.3 Å². The predicted molar refractivity (Wildman–Crippen MR) is 79.1 cm³/mol. The van der Waals surface area contributed by atoms with Crippen molar-refractivity contribution in [2.75, 3.05) is 0 Å². The standard InChI is InChI=1S/C14H12N2O4S/c1-11-4-2-3-5-14(11)21(19,20)15-10-12-6-8-13(9-7-12)16(17)18/h2-10H,1H3/b15-10+. The molecular weight excluding hydrogens is 292 g/mol. The van der Waals surface area contributed by atoms with E-state index in [0.29, 0.717) is 11.1 Å². The molecule has 0 spiro atoms. The van der Waals surface area contributed by atoms with Crippen LogP contribution in [-0.2, 0) is 10.0 Å². The maximum absolute atomic E-state index is 12.1. The van der Waals surface area contributed by atoms with Gasteiger partial charge in [0.15, 0.2) is 0 Å². The molecule has 2 aromatic rings. The molecule has 6 nitrogen and oxygen atoms in total. The minimum absolute atomic E-state index is 0.0612. The van der Waals surface area contributed by atoms with E-state index in [0.717, 1.165) is 0 Å². The van der Waals surface area contributed by atoms with Crippen LogP contribution in [0.3, 0.4) is 0 Å². The van der Waals surface area contributed by atoms with E-state index < -0.39 is 14.9 Å². The van der Waals surface area contributed by atoms with E-state index in [1.54, 1.807) is 25.1 Å². The van der Waals surface area contributed by atoms with Crippen LogP contribution < -0.4 is 0 Å². The molecule has 0 aliphatic carbocycles. The molecule has 0 aromatic heterocycles. The van der Waals surface area contributed by atoms with Crippen molar-refractivity contribution >= 4 is 21.9 Å². The molecule has 0 saturated carbocycles. The lowest BCUT2D eigenvalue weighted by Gasteiger charge is -2.02. The average Bonchev–Trinajstić information content (AvgIpc) is 2.46. The molecule has 0 bridgehead atoms. The Morgan fingerprint density at radius 2 is 1.71 bits per heavy atom. The molecule has 0 N–H and O–H groups in total. The molecule has 0 unspecified atom stereocenters. The van der Waals surface area contributed by atoms with E-state index in [1.807, 2.05) is 0 Å². The van der Waals surface area contributed by atoms with Crippen LogP contribution in [0, 0.1) is 17.0 Å². The summed E-state index contributed by atoms with van der Waals surface area (Å²) >= 11 is 0. The summed E-state index contributed by atoms with van der Waals surface area (Å²) in [4.78, 5) is 10.1. The van der Waals surface area contributed by atoms with Crippen LogP contribution in [0.25, 0.3) is 0 Å². The molecule has 0 fully saturated rings. The number of benzene rings is 2. The number of sulfonamides is 1. The van der Waals surface area contributed by atoms with Gasteiger partial charge in [-0.3, -0.25) is 10.1 Å². The average molecular weight is 304 g/mol. The molecule has 0 radical (unpaired) electrons. The Hall–Kier alpha value is -2.54. The van der Waals surface area contributed by atoms with E-state index in [9.17, 15) is 18.5 Å². The van der Waals surface area contributed by atoms with Crippen molar-refractivity contribution in [2.45, 2.75) is 11.8 Å². The van der Waals surface area contributed by atoms with Gasteiger partial charge >= 0.3 is 0 Å². The van der Waals surface area contributed by atoms with Crippen molar-refractivity contribution in [1.29, 1.82) is 0 Å². The molecule has 0 amide bonds. The summed E-state index contributed by atoms with van der Waals surface area (Å²) in [6.07, 6.45) is 1.17. The van der Waals surface area contributed by atoms with Crippen LogP contribution in [0.4, 0.5) is 5.69 Å². The summed E-state index contributed by atoms with van der Waals surface area (Å²) in [5.41, 5.74) is 1.02. The van der Waals surface area contributed by atoms with Gasteiger partial charge in [-0.2, -0.15) is 12.8 Å². The summed E-state index contributed by atoms with van der Waals surface area (Å²) < 4.78 is 27.8. The molecular formula is C14H12N2O4S. The first-order valence-electron chi connectivity index (χ1n) is 6.00. The number of nitro benzene ring substituents is 1. The summed E-state index contributed by atoms with van der Waals surface area (Å²) in [7, 11) is -3.78. The highest BCUT2D eigenvalue weighted by Gasteiger charge is 2.14. The molecule has 0 saturated heterocycles. The van der Waals surface area contributed by atoms with Gasteiger partial charge in [0, 0.05) is 18.3 Å². The first-order chi connectivity index (χ1) is 9.90. The van der Waals surface area contributed by atoms with Gasteiger partial charge in [-0.05, 0) is 36.2 Å². The zero-order valence-electron chi connectivity index (χ0n) is 11.1. The van der Waals surface area contributed by atoms with Gasteiger partial charge in [0.2, 0.25) is 0 Å². The van der Waals surface area contributed by atoms with E-state index in [2.05, 4.69) is 4.40 Å². The number of hydrogen-bond donors (Lipinski definition) is 0.